The molecule has 0 saturated heterocycles. The van der Waals surface area contributed by atoms with E-state index in [4.69, 9.17) is 10.4 Å². The lowest BCUT2D eigenvalue weighted by Crippen LogP contribution is -2.43. The molecular formula is C9H16N2O2S. The topological polar surface area (TPSA) is 73.1 Å². The first-order valence-corrected chi connectivity index (χ1v) is 5.69. The number of carbonyl (C=O) groups is 1. The van der Waals surface area contributed by atoms with Crippen LogP contribution in [0.4, 0.5) is 0 Å². The van der Waals surface area contributed by atoms with Crippen LogP contribution in [0.25, 0.3) is 0 Å². The van der Waals surface area contributed by atoms with E-state index in [0.717, 1.165) is 0 Å². The summed E-state index contributed by atoms with van der Waals surface area (Å²) < 4.78 is 0. The van der Waals surface area contributed by atoms with Gasteiger partial charge in [-0.25, -0.2) is 0 Å². The van der Waals surface area contributed by atoms with Gasteiger partial charge in [0.05, 0.1) is 12.7 Å². The van der Waals surface area contributed by atoms with Gasteiger partial charge in [0.15, 0.2) is 0 Å². The van der Waals surface area contributed by atoms with Gasteiger partial charge in [-0.3, -0.25) is 4.79 Å². The van der Waals surface area contributed by atoms with Crippen molar-refractivity contribution < 1.29 is 9.90 Å². The number of nitrogens with zero attached hydrogens (tertiary/aromatic N) is 1. The van der Waals surface area contributed by atoms with Gasteiger partial charge in [-0.05, 0) is 20.1 Å². The van der Waals surface area contributed by atoms with Crippen LogP contribution >= 0.6 is 11.8 Å². The molecule has 14 heavy (non-hydrogen) atoms. The first-order chi connectivity index (χ1) is 6.56. The van der Waals surface area contributed by atoms with Crippen molar-refractivity contribution in [1.82, 2.24) is 5.32 Å². The van der Waals surface area contributed by atoms with Crippen LogP contribution in [0.2, 0.25) is 0 Å². The number of nitriles is 1. The minimum absolute atomic E-state index is 0.0174. The van der Waals surface area contributed by atoms with E-state index in [1.165, 1.54) is 11.8 Å². The Bertz CT molecular complexity index is 223. The number of aliphatic hydroxyl groups excluding tert-OH is 1. The van der Waals surface area contributed by atoms with Crippen LogP contribution in [-0.2, 0) is 4.79 Å². The van der Waals surface area contributed by atoms with E-state index in [-0.39, 0.29) is 23.8 Å². The van der Waals surface area contributed by atoms with Gasteiger partial charge in [-0.2, -0.15) is 17.0 Å². The molecule has 0 aromatic carbocycles. The molecule has 0 aliphatic carbocycles. The average molecular weight is 216 g/mol. The number of hydrogen-bond donors (Lipinski definition) is 2. The zero-order valence-corrected chi connectivity index (χ0v) is 9.47. The predicted octanol–water partition coefficient (Wildman–Crippen LogP) is 0.375. The van der Waals surface area contributed by atoms with Crippen LogP contribution in [0.5, 0.6) is 0 Å². The second-order valence-corrected chi connectivity index (χ2v) is 4.18. The molecule has 0 aromatic heterocycles. The SMILES string of the molecule is CSC(CO)C(C)NC(=O)C(C)C#N. The molecule has 0 radical (unpaired) electrons. The molecule has 3 atom stereocenters. The van der Waals surface area contributed by atoms with E-state index >= 15 is 0 Å². The Kier molecular flexibility index (Phi) is 6.34. The Labute approximate surface area is 88.7 Å². The van der Waals surface area contributed by atoms with Crippen molar-refractivity contribution in [2.45, 2.75) is 25.1 Å². The highest BCUT2D eigenvalue weighted by atomic mass is 32.2. The van der Waals surface area contributed by atoms with Gasteiger partial charge in [-0.1, -0.05) is 0 Å². The minimum Gasteiger partial charge on any atom is -0.395 e. The summed E-state index contributed by atoms with van der Waals surface area (Å²) >= 11 is 1.49. The lowest BCUT2D eigenvalue weighted by atomic mass is 10.1. The van der Waals surface area contributed by atoms with Crippen molar-refractivity contribution in [2.24, 2.45) is 5.92 Å². The molecule has 0 saturated carbocycles. The van der Waals surface area contributed by atoms with E-state index < -0.39 is 5.92 Å². The molecular weight excluding hydrogens is 200 g/mol. The number of rotatable bonds is 5. The molecule has 4 nitrogen and oxygen atoms in total. The van der Waals surface area contributed by atoms with Gasteiger partial charge in [0.25, 0.3) is 0 Å². The number of thioether (sulfide) groups is 1. The molecule has 0 heterocycles. The van der Waals surface area contributed by atoms with Crippen molar-refractivity contribution in [3.05, 3.63) is 0 Å². The summed E-state index contributed by atoms with van der Waals surface area (Å²) in [7, 11) is 0. The Hall–Kier alpha value is -0.730. The van der Waals surface area contributed by atoms with Crippen LogP contribution < -0.4 is 5.32 Å². The van der Waals surface area contributed by atoms with Gasteiger partial charge >= 0.3 is 0 Å². The quantitative estimate of drug-likeness (QED) is 0.696. The molecule has 3 unspecified atom stereocenters. The van der Waals surface area contributed by atoms with Gasteiger partial charge < -0.3 is 10.4 Å². The van der Waals surface area contributed by atoms with Gasteiger partial charge in [0, 0.05) is 11.3 Å². The highest BCUT2D eigenvalue weighted by Crippen LogP contribution is 2.10. The smallest absolute Gasteiger partial charge is 0.237 e. The van der Waals surface area contributed by atoms with E-state index in [1.54, 1.807) is 6.92 Å². The van der Waals surface area contributed by atoms with Crippen LogP contribution in [-0.4, -0.2) is 35.2 Å². The van der Waals surface area contributed by atoms with Crippen molar-refractivity contribution >= 4 is 17.7 Å². The minimum atomic E-state index is -0.640. The van der Waals surface area contributed by atoms with E-state index in [9.17, 15) is 4.79 Å². The lowest BCUT2D eigenvalue weighted by Gasteiger charge is -2.21. The van der Waals surface area contributed by atoms with E-state index in [1.807, 2.05) is 19.2 Å². The zero-order chi connectivity index (χ0) is 11.1. The van der Waals surface area contributed by atoms with Crippen molar-refractivity contribution in [3.8, 4) is 6.07 Å². The summed E-state index contributed by atoms with van der Waals surface area (Å²) in [5.41, 5.74) is 0. The normalized spacial score (nSPS) is 16.5. The highest BCUT2D eigenvalue weighted by Gasteiger charge is 2.20. The molecule has 2 N–H and O–H groups in total. The Morgan fingerprint density at radius 3 is 2.57 bits per heavy atom. The molecule has 0 aliphatic heterocycles. The third-order valence-electron chi connectivity index (χ3n) is 2.00. The fourth-order valence-electron chi connectivity index (χ4n) is 0.938. The summed E-state index contributed by atoms with van der Waals surface area (Å²) in [6.07, 6.45) is 1.87. The van der Waals surface area contributed by atoms with Crippen LogP contribution in [0.15, 0.2) is 0 Å². The van der Waals surface area contributed by atoms with Gasteiger partial charge in [-0.15, -0.1) is 0 Å². The van der Waals surface area contributed by atoms with Crippen molar-refractivity contribution in [2.75, 3.05) is 12.9 Å². The summed E-state index contributed by atoms with van der Waals surface area (Å²) in [6.45, 7) is 3.39. The zero-order valence-electron chi connectivity index (χ0n) is 8.65. The fraction of sp³-hybridized carbons (Fsp3) is 0.778. The monoisotopic (exact) mass is 216 g/mol. The number of amides is 1. The maximum Gasteiger partial charge on any atom is 0.237 e. The largest absolute Gasteiger partial charge is 0.395 e. The Morgan fingerprint density at radius 2 is 2.21 bits per heavy atom. The number of carbonyl (C=O) groups excluding carboxylic acids is 1. The van der Waals surface area contributed by atoms with Crippen molar-refractivity contribution in [3.63, 3.8) is 0 Å². The van der Waals surface area contributed by atoms with Gasteiger partial charge in [0.1, 0.15) is 5.92 Å². The fourth-order valence-corrected chi connectivity index (χ4v) is 1.56. The van der Waals surface area contributed by atoms with E-state index in [0.29, 0.717) is 0 Å². The molecule has 0 aliphatic rings. The standard InChI is InChI=1S/C9H16N2O2S/c1-6(4-10)9(13)11-7(2)8(5-12)14-3/h6-8,12H,5H2,1-3H3,(H,11,13). The third-order valence-corrected chi connectivity index (χ3v) is 3.16. The maximum absolute atomic E-state index is 11.3. The predicted molar refractivity (Wildman–Crippen MR) is 56.8 cm³/mol. The Balaban J connectivity index is 4.12. The third kappa shape index (κ3) is 3.99. The molecule has 0 bridgehead atoms. The van der Waals surface area contributed by atoms with Crippen LogP contribution in [0.3, 0.4) is 0 Å². The molecule has 0 fully saturated rings. The number of hydrogen-bond acceptors (Lipinski definition) is 4. The highest BCUT2D eigenvalue weighted by molar-refractivity contribution is 7.99. The first kappa shape index (κ1) is 13.3. The molecule has 80 valence electrons. The van der Waals surface area contributed by atoms with E-state index in [2.05, 4.69) is 5.32 Å². The average Bonchev–Trinajstić information content (AvgIpc) is 2.18. The molecule has 0 spiro atoms. The first-order valence-electron chi connectivity index (χ1n) is 4.40. The Morgan fingerprint density at radius 1 is 1.64 bits per heavy atom. The summed E-state index contributed by atoms with van der Waals surface area (Å²) in [5.74, 6) is -0.925. The molecule has 5 heteroatoms. The second kappa shape index (κ2) is 6.68. The second-order valence-electron chi connectivity index (χ2n) is 3.10. The summed E-state index contributed by atoms with van der Waals surface area (Å²) in [4.78, 5) is 11.3. The molecule has 0 aromatic rings. The lowest BCUT2D eigenvalue weighted by molar-refractivity contribution is -0.123. The summed E-state index contributed by atoms with van der Waals surface area (Å²) in [5, 5.41) is 20.1. The molecule has 1 amide bonds. The number of nitrogens with one attached hydrogen (secondary N) is 1. The van der Waals surface area contributed by atoms with Crippen LogP contribution in [0, 0.1) is 17.2 Å². The summed E-state index contributed by atoms with van der Waals surface area (Å²) in [6, 6.07) is 1.74. The molecule has 0 rings (SSSR count). The van der Waals surface area contributed by atoms with Crippen LogP contribution in [0.1, 0.15) is 13.8 Å². The van der Waals surface area contributed by atoms with Crippen molar-refractivity contribution in [1.29, 1.82) is 5.26 Å². The maximum atomic E-state index is 11.3. The van der Waals surface area contributed by atoms with Gasteiger partial charge in [0.2, 0.25) is 5.91 Å². The number of aliphatic hydroxyl groups is 1.